The minimum atomic E-state index is -0.186. The van der Waals surface area contributed by atoms with Gasteiger partial charge in [-0.2, -0.15) is 0 Å². The maximum Gasteiger partial charge on any atom is 0.317 e. The first-order valence-electron chi connectivity index (χ1n) is 8.41. The fourth-order valence-electron chi connectivity index (χ4n) is 2.69. The van der Waals surface area contributed by atoms with E-state index in [1.54, 1.807) is 18.3 Å². The SMILES string of the molecule is CCn1cnnc1CCNC(=O)N(C)C[C@H]1COc2ccccc2O1. The number of carbonyl (C=O) groups is 1. The van der Waals surface area contributed by atoms with Gasteiger partial charge < -0.3 is 24.3 Å². The Bertz CT molecular complexity index is 718. The Hall–Kier alpha value is -2.77. The highest BCUT2D eigenvalue weighted by atomic mass is 16.6. The summed E-state index contributed by atoms with van der Waals surface area (Å²) in [7, 11) is 1.74. The summed E-state index contributed by atoms with van der Waals surface area (Å²) in [5.41, 5.74) is 0. The molecule has 1 aliphatic rings. The number of likely N-dealkylation sites (N-methyl/N-ethyl adjacent to an activating group) is 1. The summed E-state index contributed by atoms with van der Waals surface area (Å²) >= 11 is 0. The molecule has 8 nitrogen and oxygen atoms in total. The number of urea groups is 1. The molecule has 0 spiro atoms. The quantitative estimate of drug-likeness (QED) is 0.854. The van der Waals surface area contributed by atoms with Crippen LogP contribution in [0.15, 0.2) is 30.6 Å². The Morgan fingerprint density at radius 2 is 2.20 bits per heavy atom. The third-order valence-electron chi connectivity index (χ3n) is 4.05. The van der Waals surface area contributed by atoms with Crippen LogP contribution in [-0.4, -0.2) is 58.5 Å². The lowest BCUT2D eigenvalue weighted by Crippen LogP contribution is -2.46. The molecule has 0 bridgehead atoms. The number of nitrogens with zero attached hydrogens (tertiary/aromatic N) is 4. The molecule has 0 unspecified atom stereocenters. The van der Waals surface area contributed by atoms with Crippen molar-refractivity contribution in [3.05, 3.63) is 36.4 Å². The van der Waals surface area contributed by atoms with Gasteiger partial charge in [0.2, 0.25) is 0 Å². The molecule has 1 aromatic heterocycles. The van der Waals surface area contributed by atoms with E-state index in [4.69, 9.17) is 9.47 Å². The summed E-state index contributed by atoms with van der Waals surface area (Å²) in [6.07, 6.45) is 2.15. The molecule has 2 amide bonds. The van der Waals surface area contributed by atoms with E-state index in [2.05, 4.69) is 15.5 Å². The van der Waals surface area contributed by atoms with Crippen LogP contribution in [0.5, 0.6) is 11.5 Å². The van der Waals surface area contributed by atoms with Crippen LogP contribution in [0.1, 0.15) is 12.7 Å². The van der Waals surface area contributed by atoms with Crippen molar-refractivity contribution in [3.8, 4) is 11.5 Å². The minimum Gasteiger partial charge on any atom is -0.486 e. The van der Waals surface area contributed by atoms with E-state index in [1.807, 2.05) is 35.8 Å². The van der Waals surface area contributed by atoms with Gasteiger partial charge in [-0.25, -0.2) is 4.79 Å². The molecule has 3 rings (SSSR count). The van der Waals surface area contributed by atoms with E-state index in [9.17, 15) is 4.79 Å². The molecule has 0 saturated carbocycles. The highest BCUT2D eigenvalue weighted by Gasteiger charge is 2.23. The molecule has 2 aromatic rings. The van der Waals surface area contributed by atoms with Gasteiger partial charge in [0.1, 0.15) is 18.8 Å². The zero-order valence-electron chi connectivity index (χ0n) is 14.5. The van der Waals surface area contributed by atoms with Crippen molar-refractivity contribution in [3.63, 3.8) is 0 Å². The summed E-state index contributed by atoms with van der Waals surface area (Å²) < 4.78 is 13.5. The van der Waals surface area contributed by atoms with Crippen molar-refractivity contribution in [1.82, 2.24) is 25.0 Å². The van der Waals surface area contributed by atoms with Gasteiger partial charge in [0, 0.05) is 26.6 Å². The van der Waals surface area contributed by atoms with Crippen LogP contribution in [-0.2, 0) is 13.0 Å². The number of rotatable bonds is 6. The molecular formula is C17H23N5O3. The largest absolute Gasteiger partial charge is 0.486 e. The molecule has 2 heterocycles. The van der Waals surface area contributed by atoms with Gasteiger partial charge in [-0.3, -0.25) is 0 Å². The van der Waals surface area contributed by atoms with Gasteiger partial charge in [-0.1, -0.05) is 12.1 Å². The second kappa shape index (κ2) is 7.87. The molecule has 0 fully saturated rings. The minimum absolute atomic E-state index is 0.148. The number of carbonyl (C=O) groups excluding carboxylic acids is 1. The van der Waals surface area contributed by atoms with Gasteiger partial charge >= 0.3 is 6.03 Å². The van der Waals surface area contributed by atoms with Crippen molar-refractivity contribution in [2.24, 2.45) is 0 Å². The number of hydrogen-bond donors (Lipinski definition) is 1. The average Bonchev–Trinajstić information content (AvgIpc) is 3.09. The molecule has 0 aliphatic carbocycles. The molecule has 0 radical (unpaired) electrons. The van der Waals surface area contributed by atoms with Gasteiger partial charge in [0.25, 0.3) is 0 Å². The Morgan fingerprint density at radius 3 is 3.00 bits per heavy atom. The van der Waals surface area contributed by atoms with Gasteiger partial charge in [0.05, 0.1) is 6.54 Å². The Balaban J connectivity index is 1.44. The van der Waals surface area contributed by atoms with Crippen LogP contribution in [0, 0.1) is 0 Å². The van der Waals surface area contributed by atoms with Gasteiger partial charge in [0.15, 0.2) is 17.6 Å². The van der Waals surface area contributed by atoms with Crippen molar-refractivity contribution >= 4 is 6.03 Å². The molecule has 1 N–H and O–H groups in total. The summed E-state index contributed by atoms with van der Waals surface area (Å²) in [5, 5.41) is 10.8. The number of fused-ring (bicyclic) bond motifs is 1. The molecule has 1 atom stereocenters. The smallest absolute Gasteiger partial charge is 0.317 e. The lowest BCUT2D eigenvalue weighted by Gasteiger charge is -2.29. The number of aryl methyl sites for hydroxylation is 1. The van der Waals surface area contributed by atoms with Crippen LogP contribution >= 0.6 is 0 Å². The monoisotopic (exact) mass is 345 g/mol. The molecular weight excluding hydrogens is 322 g/mol. The highest BCUT2D eigenvalue weighted by molar-refractivity contribution is 5.73. The van der Waals surface area contributed by atoms with Crippen LogP contribution in [0.3, 0.4) is 0 Å². The third-order valence-corrected chi connectivity index (χ3v) is 4.05. The molecule has 0 saturated heterocycles. The maximum absolute atomic E-state index is 12.2. The number of benzene rings is 1. The normalized spacial score (nSPS) is 15.7. The first-order chi connectivity index (χ1) is 12.2. The number of para-hydroxylation sites is 2. The van der Waals surface area contributed by atoms with E-state index < -0.39 is 0 Å². The fourth-order valence-corrected chi connectivity index (χ4v) is 2.69. The van der Waals surface area contributed by atoms with E-state index >= 15 is 0 Å². The third kappa shape index (κ3) is 4.20. The van der Waals surface area contributed by atoms with E-state index in [1.165, 1.54) is 0 Å². The predicted octanol–water partition coefficient (Wildman–Crippen LogP) is 1.32. The molecule has 8 heteroatoms. The van der Waals surface area contributed by atoms with Crippen LogP contribution in [0.4, 0.5) is 4.79 Å². The molecule has 1 aliphatic heterocycles. The molecule has 134 valence electrons. The summed E-state index contributed by atoms with van der Waals surface area (Å²) in [5.74, 6) is 2.32. The van der Waals surface area contributed by atoms with Crippen LogP contribution in [0.2, 0.25) is 0 Å². The Kier molecular flexibility index (Phi) is 5.37. The fraction of sp³-hybridized carbons (Fsp3) is 0.471. The maximum atomic E-state index is 12.2. The summed E-state index contributed by atoms with van der Waals surface area (Å²) in [6, 6.07) is 7.39. The second-order valence-corrected chi connectivity index (χ2v) is 5.89. The van der Waals surface area contributed by atoms with E-state index in [-0.39, 0.29) is 12.1 Å². The van der Waals surface area contributed by atoms with Crippen LogP contribution < -0.4 is 14.8 Å². The zero-order chi connectivity index (χ0) is 17.6. The predicted molar refractivity (Wildman–Crippen MR) is 91.8 cm³/mol. The second-order valence-electron chi connectivity index (χ2n) is 5.89. The standard InChI is InChI=1S/C17H23N5O3/c1-3-22-12-19-20-16(22)8-9-18-17(23)21(2)10-13-11-24-14-6-4-5-7-15(14)25-13/h4-7,12-13H,3,8-11H2,1-2H3,(H,18,23)/t13-/m0/s1. The van der Waals surface area contributed by atoms with Crippen molar-refractivity contribution in [2.45, 2.75) is 26.0 Å². The van der Waals surface area contributed by atoms with Crippen LogP contribution in [0.25, 0.3) is 0 Å². The van der Waals surface area contributed by atoms with E-state index in [0.29, 0.717) is 31.9 Å². The number of hydrogen-bond acceptors (Lipinski definition) is 5. The Morgan fingerprint density at radius 1 is 1.40 bits per heavy atom. The van der Waals surface area contributed by atoms with Crippen molar-refractivity contribution < 1.29 is 14.3 Å². The molecule has 1 aromatic carbocycles. The van der Waals surface area contributed by atoms with E-state index in [0.717, 1.165) is 18.1 Å². The first kappa shape index (κ1) is 17.1. The molecule has 25 heavy (non-hydrogen) atoms. The lowest BCUT2D eigenvalue weighted by molar-refractivity contribution is 0.0716. The zero-order valence-corrected chi connectivity index (χ0v) is 14.5. The lowest BCUT2D eigenvalue weighted by atomic mass is 10.2. The van der Waals surface area contributed by atoms with Crippen molar-refractivity contribution in [1.29, 1.82) is 0 Å². The number of ether oxygens (including phenoxy) is 2. The average molecular weight is 345 g/mol. The van der Waals surface area contributed by atoms with Gasteiger partial charge in [-0.15, -0.1) is 10.2 Å². The highest BCUT2D eigenvalue weighted by Crippen LogP contribution is 2.30. The topological polar surface area (TPSA) is 81.5 Å². The first-order valence-corrected chi connectivity index (χ1v) is 8.41. The number of nitrogens with one attached hydrogen (secondary N) is 1. The summed E-state index contributed by atoms with van der Waals surface area (Å²) in [4.78, 5) is 13.8. The number of amides is 2. The Labute approximate surface area is 146 Å². The van der Waals surface area contributed by atoms with Crippen molar-refractivity contribution in [2.75, 3.05) is 26.7 Å². The summed E-state index contributed by atoms with van der Waals surface area (Å²) in [6.45, 7) is 4.23. The van der Waals surface area contributed by atoms with Gasteiger partial charge in [-0.05, 0) is 19.1 Å². The number of aromatic nitrogens is 3.